The van der Waals surface area contributed by atoms with Gasteiger partial charge in [0.05, 0.1) is 5.60 Å². The van der Waals surface area contributed by atoms with Gasteiger partial charge in [-0.2, -0.15) is 0 Å². The Balaban J connectivity index is -0.000000919. The van der Waals surface area contributed by atoms with Crippen LogP contribution >= 0.6 is 0 Å². The highest BCUT2D eigenvalue weighted by molar-refractivity contribution is 4.74. The SMILES string of the molecule is CC.CC.CCCC(C)(O)CCC(C)C(C)CCC(C)C(C)C. The molecular formula is C22H50O. The van der Waals surface area contributed by atoms with Crippen molar-refractivity contribution in [2.24, 2.45) is 23.7 Å². The van der Waals surface area contributed by atoms with E-state index in [4.69, 9.17) is 0 Å². The van der Waals surface area contributed by atoms with Crippen LogP contribution in [0, 0.1) is 23.7 Å². The summed E-state index contributed by atoms with van der Waals surface area (Å²) in [6.07, 6.45) is 6.78. The third-order valence-electron chi connectivity index (χ3n) is 5.11. The summed E-state index contributed by atoms with van der Waals surface area (Å²) in [6.45, 7) is 23.9. The average molecular weight is 331 g/mol. The largest absolute Gasteiger partial charge is 0.390 e. The van der Waals surface area contributed by atoms with Gasteiger partial charge in [-0.1, -0.05) is 88.5 Å². The van der Waals surface area contributed by atoms with Gasteiger partial charge in [-0.15, -0.1) is 0 Å². The third kappa shape index (κ3) is 16.6. The van der Waals surface area contributed by atoms with Crippen molar-refractivity contribution in [3.8, 4) is 0 Å². The van der Waals surface area contributed by atoms with Crippen LogP contribution in [0.1, 0.15) is 115 Å². The van der Waals surface area contributed by atoms with E-state index >= 15 is 0 Å². The molecule has 144 valence electrons. The fourth-order valence-electron chi connectivity index (χ4n) is 2.63. The molecule has 0 aromatic heterocycles. The number of hydrogen-bond acceptors (Lipinski definition) is 1. The van der Waals surface area contributed by atoms with Gasteiger partial charge in [0.2, 0.25) is 0 Å². The molecule has 0 saturated heterocycles. The van der Waals surface area contributed by atoms with E-state index in [2.05, 4.69) is 41.5 Å². The van der Waals surface area contributed by atoms with E-state index in [1.54, 1.807) is 0 Å². The van der Waals surface area contributed by atoms with Gasteiger partial charge in [-0.25, -0.2) is 0 Å². The zero-order chi connectivity index (χ0) is 19.1. The molecule has 4 atom stereocenters. The van der Waals surface area contributed by atoms with Crippen LogP contribution < -0.4 is 0 Å². The summed E-state index contributed by atoms with van der Waals surface area (Å²) in [4.78, 5) is 0. The van der Waals surface area contributed by atoms with Gasteiger partial charge in [-0.05, 0) is 49.9 Å². The van der Waals surface area contributed by atoms with Gasteiger partial charge in [-0.3, -0.25) is 0 Å². The minimum absolute atomic E-state index is 0.450. The Morgan fingerprint density at radius 1 is 0.696 bits per heavy atom. The molecular weight excluding hydrogens is 280 g/mol. The van der Waals surface area contributed by atoms with E-state index in [9.17, 15) is 5.11 Å². The van der Waals surface area contributed by atoms with E-state index < -0.39 is 5.60 Å². The second-order valence-electron chi connectivity index (χ2n) is 7.54. The van der Waals surface area contributed by atoms with Crippen molar-refractivity contribution in [3.05, 3.63) is 0 Å². The van der Waals surface area contributed by atoms with E-state index in [1.807, 2.05) is 34.6 Å². The maximum atomic E-state index is 10.2. The fraction of sp³-hybridized carbons (Fsp3) is 1.00. The first kappa shape index (κ1) is 27.8. The zero-order valence-corrected chi connectivity index (χ0v) is 18.5. The molecule has 0 aliphatic carbocycles. The molecule has 0 rings (SSSR count). The van der Waals surface area contributed by atoms with Crippen LogP contribution in [0.25, 0.3) is 0 Å². The van der Waals surface area contributed by atoms with Gasteiger partial charge >= 0.3 is 0 Å². The lowest BCUT2D eigenvalue weighted by Gasteiger charge is -2.27. The summed E-state index contributed by atoms with van der Waals surface area (Å²) in [6, 6.07) is 0. The number of rotatable bonds is 10. The van der Waals surface area contributed by atoms with E-state index in [-0.39, 0.29) is 0 Å². The summed E-state index contributed by atoms with van der Waals surface area (Å²) >= 11 is 0. The van der Waals surface area contributed by atoms with Crippen LogP contribution in [0.15, 0.2) is 0 Å². The second kappa shape index (κ2) is 16.8. The standard InChI is InChI=1S/C18H38O.2C2H6/c1-8-12-18(7,19)13-11-17(6)16(5)10-9-15(4)14(2)3;2*1-2/h14-17,19H,8-13H2,1-7H3;2*1-2H3. The highest BCUT2D eigenvalue weighted by Gasteiger charge is 2.22. The minimum atomic E-state index is -0.450. The molecule has 1 nitrogen and oxygen atoms in total. The Morgan fingerprint density at radius 3 is 1.48 bits per heavy atom. The van der Waals surface area contributed by atoms with E-state index in [0.717, 1.165) is 49.4 Å². The monoisotopic (exact) mass is 330 g/mol. The Labute approximate surface area is 149 Å². The Morgan fingerprint density at radius 2 is 1.09 bits per heavy atom. The molecule has 0 aromatic carbocycles. The van der Waals surface area contributed by atoms with Gasteiger partial charge < -0.3 is 5.11 Å². The third-order valence-corrected chi connectivity index (χ3v) is 5.11. The topological polar surface area (TPSA) is 20.2 Å². The lowest BCUT2D eigenvalue weighted by molar-refractivity contribution is 0.0327. The molecule has 0 spiro atoms. The molecule has 4 unspecified atom stereocenters. The molecule has 0 bridgehead atoms. The first-order valence-corrected chi connectivity index (χ1v) is 10.4. The lowest BCUT2D eigenvalue weighted by Crippen LogP contribution is -2.25. The molecule has 0 aliphatic heterocycles. The summed E-state index contributed by atoms with van der Waals surface area (Å²) in [5.41, 5.74) is -0.450. The normalized spacial score (nSPS) is 17.1. The van der Waals surface area contributed by atoms with E-state index in [0.29, 0.717) is 0 Å². The van der Waals surface area contributed by atoms with Gasteiger partial charge in [0.15, 0.2) is 0 Å². The molecule has 0 heterocycles. The van der Waals surface area contributed by atoms with Crippen molar-refractivity contribution in [2.75, 3.05) is 0 Å². The summed E-state index contributed by atoms with van der Waals surface area (Å²) in [7, 11) is 0. The predicted octanol–water partition coefficient (Wildman–Crippen LogP) is 7.71. The zero-order valence-electron chi connectivity index (χ0n) is 18.5. The Bertz CT molecular complexity index is 220. The number of hydrogen-bond donors (Lipinski definition) is 1. The molecule has 0 aromatic rings. The maximum absolute atomic E-state index is 10.2. The van der Waals surface area contributed by atoms with Crippen LogP contribution in [0.2, 0.25) is 0 Å². The Hall–Kier alpha value is -0.0400. The highest BCUT2D eigenvalue weighted by Crippen LogP contribution is 2.29. The van der Waals surface area contributed by atoms with Gasteiger partial charge in [0.25, 0.3) is 0 Å². The highest BCUT2D eigenvalue weighted by atomic mass is 16.3. The van der Waals surface area contributed by atoms with Crippen LogP contribution in [0.3, 0.4) is 0 Å². The fourth-order valence-corrected chi connectivity index (χ4v) is 2.63. The Kier molecular flexibility index (Phi) is 20.3. The van der Waals surface area contributed by atoms with E-state index in [1.165, 1.54) is 12.8 Å². The second-order valence-corrected chi connectivity index (χ2v) is 7.54. The first-order valence-electron chi connectivity index (χ1n) is 10.4. The lowest BCUT2D eigenvalue weighted by atomic mass is 9.81. The smallest absolute Gasteiger partial charge is 0.0619 e. The predicted molar refractivity (Wildman–Crippen MR) is 109 cm³/mol. The molecule has 0 radical (unpaired) electrons. The molecule has 23 heavy (non-hydrogen) atoms. The van der Waals surface area contributed by atoms with Gasteiger partial charge in [0, 0.05) is 0 Å². The van der Waals surface area contributed by atoms with Crippen molar-refractivity contribution in [2.45, 2.75) is 120 Å². The molecule has 0 amide bonds. The first-order chi connectivity index (χ1) is 10.7. The van der Waals surface area contributed by atoms with Crippen molar-refractivity contribution >= 4 is 0 Å². The maximum Gasteiger partial charge on any atom is 0.0619 e. The van der Waals surface area contributed by atoms with Crippen molar-refractivity contribution in [1.29, 1.82) is 0 Å². The summed E-state index contributed by atoms with van der Waals surface area (Å²) in [5.74, 6) is 3.13. The van der Waals surface area contributed by atoms with Crippen LogP contribution in [-0.2, 0) is 0 Å². The summed E-state index contributed by atoms with van der Waals surface area (Å²) in [5, 5.41) is 10.2. The van der Waals surface area contributed by atoms with Crippen molar-refractivity contribution in [3.63, 3.8) is 0 Å². The van der Waals surface area contributed by atoms with Gasteiger partial charge in [0.1, 0.15) is 0 Å². The molecule has 0 aliphatic rings. The average Bonchev–Trinajstić information content (AvgIpc) is 2.53. The van der Waals surface area contributed by atoms with Crippen molar-refractivity contribution < 1.29 is 5.11 Å². The molecule has 0 fully saturated rings. The minimum Gasteiger partial charge on any atom is -0.390 e. The van der Waals surface area contributed by atoms with Crippen LogP contribution in [0.5, 0.6) is 0 Å². The van der Waals surface area contributed by atoms with Crippen LogP contribution in [-0.4, -0.2) is 10.7 Å². The van der Waals surface area contributed by atoms with Crippen molar-refractivity contribution in [1.82, 2.24) is 0 Å². The van der Waals surface area contributed by atoms with Crippen LogP contribution in [0.4, 0.5) is 0 Å². The summed E-state index contributed by atoms with van der Waals surface area (Å²) < 4.78 is 0. The molecule has 1 heteroatoms. The molecule has 0 saturated carbocycles. The quantitative estimate of drug-likeness (QED) is 0.434. The number of aliphatic hydroxyl groups is 1. The molecule has 1 N–H and O–H groups in total.